The lowest BCUT2D eigenvalue weighted by molar-refractivity contribution is -0.133. The summed E-state index contributed by atoms with van der Waals surface area (Å²) in [5.41, 5.74) is 2.29. The predicted molar refractivity (Wildman–Crippen MR) is 120 cm³/mol. The molecule has 1 atom stereocenters. The van der Waals surface area contributed by atoms with E-state index in [2.05, 4.69) is 42.7 Å². The van der Waals surface area contributed by atoms with Gasteiger partial charge in [0.05, 0.1) is 6.54 Å². The monoisotopic (exact) mass is 435 g/mol. The lowest BCUT2D eigenvalue weighted by Gasteiger charge is -2.35. The Morgan fingerprint density at radius 3 is 2.65 bits per heavy atom. The Morgan fingerprint density at radius 1 is 1.06 bits per heavy atom. The number of nitrogens with zero attached hydrogens (tertiary/aromatic N) is 5. The van der Waals surface area contributed by atoms with Crippen LogP contribution >= 0.6 is 11.3 Å². The first-order valence-corrected chi connectivity index (χ1v) is 11.5. The van der Waals surface area contributed by atoms with Crippen molar-refractivity contribution in [3.8, 4) is 5.75 Å². The molecule has 0 unspecified atom stereocenters. The lowest BCUT2D eigenvalue weighted by Crippen LogP contribution is -2.51. The number of piperazine rings is 1. The summed E-state index contributed by atoms with van der Waals surface area (Å²) in [5, 5.41) is 4.20. The van der Waals surface area contributed by atoms with Gasteiger partial charge in [-0.05, 0) is 29.0 Å². The first kappa shape index (κ1) is 20.0. The molecule has 0 radical (unpaired) electrons. The number of benzene rings is 1. The maximum Gasteiger partial charge on any atom is 0.236 e. The number of aromatic nitrogens is 2. The third-order valence-electron chi connectivity index (χ3n) is 5.80. The highest BCUT2D eigenvalue weighted by atomic mass is 32.1. The van der Waals surface area contributed by atoms with Crippen molar-refractivity contribution >= 4 is 23.2 Å². The normalized spacial score (nSPS) is 19.4. The van der Waals surface area contributed by atoms with Crippen molar-refractivity contribution in [2.24, 2.45) is 0 Å². The summed E-state index contributed by atoms with van der Waals surface area (Å²) in [6.45, 7) is 4.66. The Hall–Kier alpha value is -2.97. The number of fused-ring (bicyclic) bond motifs is 1. The molecule has 1 amide bonds. The van der Waals surface area contributed by atoms with E-state index < -0.39 is 0 Å². The molecule has 8 heteroatoms. The average molecular weight is 436 g/mol. The van der Waals surface area contributed by atoms with E-state index in [1.807, 2.05) is 29.2 Å². The fourth-order valence-electron chi connectivity index (χ4n) is 4.13. The van der Waals surface area contributed by atoms with Crippen LogP contribution in [-0.4, -0.2) is 64.9 Å². The standard InChI is InChI=1S/C23H25N5O2S/c29-22(27-9-11-28(12-10-27)23-24-7-3-8-25-23)16-26-14-18-4-1-2-5-20(18)30-21(15-26)19-6-13-31-17-19/h1-8,13,17,21H,9-12,14-16H2/t21-/m0/s1. The van der Waals surface area contributed by atoms with E-state index in [1.54, 1.807) is 23.7 Å². The molecule has 1 fully saturated rings. The van der Waals surface area contributed by atoms with Crippen LogP contribution in [0.15, 0.2) is 59.6 Å². The van der Waals surface area contributed by atoms with Gasteiger partial charge >= 0.3 is 0 Å². The van der Waals surface area contributed by atoms with E-state index in [4.69, 9.17) is 4.74 Å². The Labute approximate surface area is 185 Å². The molecule has 0 spiro atoms. The van der Waals surface area contributed by atoms with Crippen LogP contribution in [0.25, 0.3) is 0 Å². The molecule has 5 rings (SSSR count). The van der Waals surface area contributed by atoms with Crippen LogP contribution in [0.5, 0.6) is 5.75 Å². The van der Waals surface area contributed by atoms with Crippen molar-refractivity contribution in [3.05, 3.63) is 70.7 Å². The molecule has 0 N–H and O–H groups in total. The van der Waals surface area contributed by atoms with Crippen LogP contribution < -0.4 is 9.64 Å². The molecule has 3 aromatic rings. The number of amides is 1. The van der Waals surface area contributed by atoms with Gasteiger partial charge in [-0.1, -0.05) is 18.2 Å². The van der Waals surface area contributed by atoms with Crippen molar-refractivity contribution in [2.45, 2.75) is 12.6 Å². The topological polar surface area (TPSA) is 61.8 Å². The van der Waals surface area contributed by atoms with E-state index in [0.29, 0.717) is 32.7 Å². The number of carbonyl (C=O) groups is 1. The minimum atomic E-state index is -0.0743. The molecular weight excluding hydrogens is 410 g/mol. The number of hydrogen-bond donors (Lipinski definition) is 0. The quantitative estimate of drug-likeness (QED) is 0.628. The van der Waals surface area contributed by atoms with Gasteiger partial charge in [-0.2, -0.15) is 11.3 Å². The molecular formula is C23H25N5O2S. The highest BCUT2D eigenvalue weighted by molar-refractivity contribution is 7.07. The lowest BCUT2D eigenvalue weighted by atomic mass is 10.2. The zero-order valence-corrected chi connectivity index (χ0v) is 18.1. The molecule has 7 nitrogen and oxygen atoms in total. The summed E-state index contributed by atoms with van der Waals surface area (Å²) in [6, 6.07) is 12.1. The van der Waals surface area contributed by atoms with Gasteiger partial charge < -0.3 is 14.5 Å². The van der Waals surface area contributed by atoms with E-state index in [-0.39, 0.29) is 12.0 Å². The second kappa shape index (κ2) is 9.03. The predicted octanol–water partition coefficient (Wildman–Crippen LogP) is 2.82. The number of hydrogen-bond acceptors (Lipinski definition) is 7. The van der Waals surface area contributed by atoms with Gasteiger partial charge in [0.1, 0.15) is 11.9 Å². The summed E-state index contributed by atoms with van der Waals surface area (Å²) in [4.78, 5) is 28.1. The summed E-state index contributed by atoms with van der Waals surface area (Å²) in [6.07, 6.45) is 3.43. The zero-order chi connectivity index (χ0) is 21.0. The molecule has 1 aromatic carbocycles. The molecule has 0 saturated carbocycles. The number of para-hydroxylation sites is 1. The van der Waals surface area contributed by atoms with E-state index >= 15 is 0 Å². The van der Waals surface area contributed by atoms with Gasteiger partial charge in [0.15, 0.2) is 0 Å². The third kappa shape index (κ3) is 4.55. The van der Waals surface area contributed by atoms with Crippen molar-refractivity contribution in [2.75, 3.05) is 44.2 Å². The number of thiophene rings is 1. The highest BCUT2D eigenvalue weighted by Gasteiger charge is 2.28. The first-order valence-electron chi connectivity index (χ1n) is 10.5. The summed E-state index contributed by atoms with van der Waals surface area (Å²) >= 11 is 1.67. The molecule has 160 valence electrons. The van der Waals surface area contributed by atoms with Gasteiger partial charge in [0.25, 0.3) is 0 Å². The van der Waals surface area contributed by atoms with Gasteiger partial charge in [0.2, 0.25) is 11.9 Å². The van der Waals surface area contributed by atoms with E-state index in [9.17, 15) is 4.79 Å². The second-order valence-corrected chi connectivity index (χ2v) is 8.64. The third-order valence-corrected chi connectivity index (χ3v) is 6.50. The van der Waals surface area contributed by atoms with Crippen LogP contribution in [0, 0.1) is 0 Å². The van der Waals surface area contributed by atoms with Crippen LogP contribution in [0.1, 0.15) is 17.2 Å². The molecule has 2 aliphatic heterocycles. The highest BCUT2D eigenvalue weighted by Crippen LogP contribution is 2.31. The first-order chi connectivity index (χ1) is 15.3. The molecule has 4 heterocycles. The minimum Gasteiger partial charge on any atom is -0.484 e. The molecule has 0 aliphatic carbocycles. The summed E-state index contributed by atoms with van der Waals surface area (Å²) < 4.78 is 6.34. The van der Waals surface area contributed by atoms with Crippen LogP contribution in [-0.2, 0) is 11.3 Å². The van der Waals surface area contributed by atoms with Crippen molar-refractivity contribution in [1.29, 1.82) is 0 Å². The number of anilines is 1. The van der Waals surface area contributed by atoms with E-state index in [0.717, 1.165) is 35.9 Å². The van der Waals surface area contributed by atoms with Gasteiger partial charge in [-0.25, -0.2) is 9.97 Å². The largest absolute Gasteiger partial charge is 0.484 e. The number of rotatable bonds is 4. The summed E-state index contributed by atoms with van der Waals surface area (Å²) in [5.74, 6) is 1.80. The van der Waals surface area contributed by atoms with Gasteiger partial charge in [-0.3, -0.25) is 9.69 Å². The molecule has 2 aromatic heterocycles. The SMILES string of the molecule is O=C(CN1Cc2ccccc2O[C@H](c2ccsc2)C1)N1CCN(c2ncccn2)CC1. The smallest absolute Gasteiger partial charge is 0.236 e. The molecule has 31 heavy (non-hydrogen) atoms. The second-order valence-electron chi connectivity index (χ2n) is 7.86. The molecule has 0 bridgehead atoms. The Morgan fingerprint density at radius 2 is 1.87 bits per heavy atom. The number of ether oxygens (including phenoxy) is 1. The maximum absolute atomic E-state index is 13.1. The van der Waals surface area contributed by atoms with Crippen LogP contribution in [0.3, 0.4) is 0 Å². The van der Waals surface area contributed by atoms with Crippen molar-refractivity contribution < 1.29 is 9.53 Å². The Balaban J connectivity index is 1.25. The van der Waals surface area contributed by atoms with Crippen LogP contribution in [0.2, 0.25) is 0 Å². The summed E-state index contributed by atoms with van der Waals surface area (Å²) in [7, 11) is 0. The minimum absolute atomic E-state index is 0.0743. The van der Waals surface area contributed by atoms with Crippen LogP contribution in [0.4, 0.5) is 5.95 Å². The molecule has 2 aliphatic rings. The Bertz CT molecular complexity index is 1010. The maximum atomic E-state index is 13.1. The van der Waals surface area contributed by atoms with Gasteiger partial charge in [-0.15, -0.1) is 0 Å². The van der Waals surface area contributed by atoms with E-state index in [1.165, 1.54) is 0 Å². The Kier molecular flexibility index (Phi) is 5.82. The van der Waals surface area contributed by atoms with Crippen molar-refractivity contribution in [3.63, 3.8) is 0 Å². The fraction of sp³-hybridized carbons (Fsp3) is 0.348. The fourth-order valence-corrected chi connectivity index (χ4v) is 4.84. The number of carbonyl (C=O) groups excluding carboxylic acids is 1. The van der Waals surface area contributed by atoms with Crippen molar-refractivity contribution in [1.82, 2.24) is 19.8 Å². The average Bonchev–Trinajstić information content (AvgIpc) is 3.29. The van der Waals surface area contributed by atoms with Gasteiger partial charge in [0, 0.05) is 62.8 Å². The molecule has 1 saturated heterocycles. The zero-order valence-electron chi connectivity index (χ0n) is 17.3.